The molecule has 2 aromatic rings. The van der Waals surface area contributed by atoms with Gasteiger partial charge in [0.2, 0.25) is 15.9 Å². The number of hydrogen-bond donors (Lipinski definition) is 0. The predicted molar refractivity (Wildman–Crippen MR) is 118 cm³/mol. The highest BCUT2D eigenvalue weighted by atomic mass is 35.5. The van der Waals surface area contributed by atoms with E-state index in [-0.39, 0.29) is 41.4 Å². The number of carbonyl (C=O) groups is 1. The Hall–Kier alpha value is -1.80. The molecule has 2 aromatic carbocycles. The molecule has 162 valence electrons. The SMILES string of the molecule is CC(C)Oc1cccc(CC(=O)N2CCN(S(=O)(=O)c3ccc(Cl)c(Cl)c3)CC2)c1. The molecule has 1 fully saturated rings. The lowest BCUT2D eigenvalue weighted by Crippen LogP contribution is -2.50. The van der Waals surface area contributed by atoms with Crippen molar-refractivity contribution in [2.75, 3.05) is 26.2 Å². The molecule has 1 heterocycles. The van der Waals surface area contributed by atoms with Crippen LogP contribution in [0.25, 0.3) is 0 Å². The third kappa shape index (κ3) is 5.46. The van der Waals surface area contributed by atoms with E-state index in [1.165, 1.54) is 22.5 Å². The number of piperazine rings is 1. The fourth-order valence-corrected chi connectivity index (χ4v) is 5.06. The summed E-state index contributed by atoms with van der Waals surface area (Å²) in [5.41, 5.74) is 0.865. The number of hydrogen-bond acceptors (Lipinski definition) is 4. The first-order valence-corrected chi connectivity index (χ1v) is 11.8. The average Bonchev–Trinajstić information content (AvgIpc) is 2.70. The molecular formula is C21H24Cl2N2O4S. The first kappa shape index (κ1) is 22.9. The van der Waals surface area contributed by atoms with Crippen molar-refractivity contribution in [3.63, 3.8) is 0 Å². The van der Waals surface area contributed by atoms with Gasteiger partial charge in [-0.1, -0.05) is 35.3 Å². The molecule has 30 heavy (non-hydrogen) atoms. The molecule has 0 N–H and O–H groups in total. The van der Waals surface area contributed by atoms with Crippen molar-refractivity contribution in [1.29, 1.82) is 0 Å². The van der Waals surface area contributed by atoms with Crippen molar-refractivity contribution in [2.24, 2.45) is 0 Å². The molecule has 9 heteroatoms. The van der Waals surface area contributed by atoms with Gasteiger partial charge in [-0.05, 0) is 49.7 Å². The second-order valence-corrected chi connectivity index (χ2v) is 10.1. The van der Waals surface area contributed by atoms with Crippen molar-refractivity contribution in [1.82, 2.24) is 9.21 Å². The van der Waals surface area contributed by atoms with Crippen LogP contribution in [0.1, 0.15) is 19.4 Å². The zero-order chi connectivity index (χ0) is 21.9. The number of amides is 1. The highest BCUT2D eigenvalue weighted by Gasteiger charge is 2.30. The number of rotatable bonds is 6. The van der Waals surface area contributed by atoms with Crippen molar-refractivity contribution in [3.8, 4) is 5.75 Å². The number of sulfonamides is 1. The summed E-state index contributed by atoms with van der Waals surface area (Å²) in [6.07, 6.45) is 0.302. The van der Waals surface area contributed by atoms with Crippen LogP contribution < -0.4 is 4.74 Å². The van der Waals surface area contributed by atoms with E-state index in [4.69, 9.17) is 27.9 Å². The van der Waals surface area contributed by atoms with Gasteiger partial charge in [-0.25, -0.2) is 8.42 Å². The number of halogens is 2. The van der Waals surface area contributed by atoms with Gasteiger partial charge >= 0.3 is 0 Å². The second kappa shape index (κ2) is 9.56. The normalized spacial score (nSPS) is 15.4. The van der Waals surface area contributed by atoms with E-state index in [1.54, 1.807) is 4.90 Å². The van der Waals surface area contributed by atoms with Crippen molar-refractivity contribution >= 4 is 39.1 Å². The average molecular weight is 471 g/mol. The van der Waals surface area contributed by atoms with E-state index < -0.39 is 10.0 Å². The van der Waals surface area contributed by atoms with E-state index in [1.807, 2.05) is 38.1 Å². The van der Waals surface area contributed by atoms with Crippen LogP contribution in [0.4, 0.5) is 0 Å². The fraction of sp³-hybridized carbons (Fsp3) is 0.381. The lowest BCUT2D eigenvalue weighted by Gasteiger charge is -2.34. The number of nitrogens with zero attached hydrogens (tertiary/aromatic N) is 2. The Kier molecular flexibility index (Phi) is 7.29. The van der Waals surface area contributed by atoms with Crippen LogP contribution in [0.2, 0.25) is 10.0 Å². The van der Waals surface area contributed by atoms with Gasteiger partial charge in [0, 0.05) is 26.2 Å². The summed E-state index contributed by atoms with van der Waals surface area (Å²) < 4.78 is 32.7. The van der Waals surface area contributed by atoms with Gasteiger partial charge < -0.3 is 9.64 Å². The Balaban J connectivity index is 1.61. The summed E-state index contributed by atoms with van der Waals surface area (Å²) in [6, 6.07) is 11.7. The van der Waals surface area contributed by atoms with Crippen LogP contribution in [0, 0.1) is 0 Å². The first-order valence-electron chi connectivity index (χ1n) is 9.65. The number of benzene rings is 2. The molecule has 1 amide bonds. The predicted octanol–water partition coefficient (Wildman–Crippen LogP) is 3.86. The van der Waals surface area contributed by atoms with Crippen molar-refractivity contribution in [3.05, 3.63) is 58.1 Å². The maximum atomic E-state index is 12.9. The van der Waals surface area contributed by atoms with E-state index in [0.29, 0.717) is 18.1 Å². The molecule has 1 aliphatic rings. The van der Waals surface area contributed by atoms with Crippen LogP contribution in [-0.2, 0) is 21.2 Å². The standard InChI is InChI=1S/C21H24Cl2N2O4S/c1-15(2)29-17-5-3-4-16(12-17)13-21(26)24-8-10-25(11-9-24)30(27,28)18-6-7-19(22)20(23)14-18/h3-7,12,14-15H,8-11,13H2,1-2H3. The molecule has 0 spiro atoms. The highest BCUT2D eigenvalue weighted by molar-refractivity contribution is 7.89. The maximum Gasteiger partial charge on any atom is 0.243 e. The molecule has 6 nitrogen and oxygen atoms in total. The van der Waals surface area contributed by atoms with Gasteiger partial charge in [-0.3, -0.25) is 4.79 Å². The zero-order valence-corrected chi connectivity index (χ0v) is 19.2. The molecule has 0 unspecified atom stereocenters. The summed E-state index contributed by atoms with van der Waals surface area (Å²) in [4.78, 5) is 14.5. The topological polar surface area (TPSA) is 66.9 Å². The molecule has 3 rings (SSSR count). The molecule has 0 aliphatic carbocycles. The van der Waals surface area contributed by atoms with Crippen LogP contribution in [0.3, 0.4) is 0 Å². The fourth-order valence-electron chi connectivity index (χ4n) is 3.25. The number of carbonyl (C=O) groups excluding carboxylic acids is 1. The van der Waals surface area contributed by atoms with Crippen LogP contribution in [0.15, 0.2) is 47.4 Å². The monoisotopic (exact) mass is 470 g/mol. The smallest absolute Gasteiger partial charge is 0.243 e. The highest BCUT2D eigenvalue weighted by Crippen LogP contribution is 2.27. The Labute approximate surface area is 187 Å². The molecule has 1 saturated heterocycles. The Morgan fingerprint density at radius 2 is 1.73 bits per heavy atom. The molecule has 0 bridgehead atoms. The summed E-state index contributed by atoms with van der Waals surface area (Å²) >= 11 is 11.8. The van der Waals surface area contributed by atoms with Crippen molar-refractivity contribution < 1.29 is 17.9 Å². The van der Waals surface area contributed by atoms with E-state index in [2.05, 4.69) is 0 Å². The van der Waals surface area contributed by atoms with Crippen molar-refractivity contribution in [2.45, 2.75) is 31.3 Å². The first-order chi connectivity index (χ1) is 14.2. The minimum atomic E-state index is -3.69. The number of ether oxygens (including phenoxy) is 1. The maximum absolute atomic E-state index is 12.9. The van der Waals surface area contributed by atoms with E-state index in [0.717, 1.165) is 11.3 Å². The Bertz CT molecular complexity index is 1020. The molecular weight excluding hydrogens is 447 g/mol. The summed E-state index contributed by atoms with van der Waals surface area (Å²) in [7, 11) is -3.69. The third-order valence-corrected chi connectivity index (χ3v) is 7.38. The zero-order valence-electron chi connectivity index (χ0n) is 16.8. The van der Waals surface area contributed by atoms with Crippen LogP contribution >= 0.6 is 23.2 Å². The Morgan fingerprint density at radius 1 is 1.03 bits per heavy atom. The molecule has 0 radical (unpaired) electrons. The van der Waals surface area contributed by atoms with Crippen LogP contribution in [-0.4, -0.2) is 55.8 Å². The van der Waals surface area contributed by atoms with Gasteiger partial charge in [0.25, 0.3) is 0 Å². The Morgan fingerprint density at radius 3 is 2.37 bits per heavy atom. The van der Waals surface area contributed by atoms with Gasteiger partial charge in [-0.15, -0.1) is 0 Å². The molecule has 1 aliphatic heterocycles. The summed E-state index contributed by atoms with van der Waals surface area (Å²) in [5, 5.41) is 0.490. The summed E-state index contributed by atoms with van der Waals surface area (Å²) in [6.45, 7) is 5.02. The summed E-state index contributed by atoms with van der Waals surface area (Å²) in [5.74, 6) is 0.691. The minimum Gasteiger partial charge on any atom is -0.491 e. The van der Waals surface area contributed by atoms with E-state index in [9.17, 15) is 13.2 Å². The minimum absolute atomic E-state index is 0.0386. The third-order valence-electron chi connectivity index (χ3n) is 4.75. The quantitative estimate of drug-likeness (QED) is 0.642. The second-order valence-electron chi connectivity index (χ2n) is 7.35. The molecule has 0 saturated carbocycles. The van der Waals surface area contributed by atoms with Gasteiger partial charge in [0.05, 0.1) is 27.5 Å². The van der Waals surface area contributed by atoms with Gasteiger partial charge in [0.15, 0.2) is 0 Å². The van der Waals surface area contributed by atoms with Gasteiger partial charge in [-0.2, -0.15) is 4.31 Å². The van der Waals surface area contributed by atoms with Crippen LogP contribution in [0.5, 0.6) is 5.75 Å². The lowest BCUT2D eigenvalue weighted by atomic mass is 10.1. The largest absolute Gasteiger partial charge is 0.491 e. The van der Waals surface area contributed by atoms with E-state index >= 15 is 0 Å². The molecule has 0 aromatic heterocycles. The lowest BCUT2D eigenvalue weighted by molar-refractivity contribution is -0.131. The molecule has 0 atom stereocenters. The van der Waals surface area contributed by atoms with Gasteiger partial charge in [0.1, 0.15) is 5.75 Å².